The van der Waals surface area contributed by atoms with Crippen molar-refractivity contribution in [3.8, 4) is 22.8 Å². The Morgan fingerprint density at radius 2 is 1.35 bits per heavy atom. The number of nitrogens with zero attached hydrogens (tertiary/aromatic N) is 8. The highest BCUT2D eigenvalue weighted by Crippen LogP contribution is 2.40. The van der Waals surface area contributed by atoms with Crippen LogP contribution in [0.25, 0.3) is 11.3 Å². The molecule has 17 nitrogen and oxygen atoms in total. The number of hydrogen-bond donors (Lipinski definition) is 2. The Morgan fingerprint density at radius 3 is 2.00 bits per heavy atom. The zero-order valence-corrected chi connectivity index (χ0v) is 33.1. The monoisotopic (exact) mass is 860 g/mol. The van der Waals surface area contributed by atoms with Gasteiger partial charge < -0.3 is 24.8 Å². The van der Waals surface area contributed by atoms with Gasteiger partial charge in [0.1, 0.15) is 43.0 Å². The molecular weight excluding hydrogens is 829 g/mol. The fourth-order valence-corrected chi connectivity index (χ4v) is 7.28. The van der Waals surface area contributed by atoms with Gasteiger partial charge in [0.05, 0.1) is 52.3 Å². The maximum Gasteiger partial charge on any atom is 0.289 e. The lowest BCUT2D eigenvalue weighted by Gasteiger charge is -2.29. The highest BCUT2D eigenvalue weighted by Gasteiger charge is 2.37. The van der Waals surface area contributed by atoms with Crippen LogP contribution in [0.4, 0.5) is 20.4 Å². The van der Waals surface area contributed by atoms with Crippen LogP contribution in [0.3, 0.4) is 0 Å². The maximum absolute atomic E-state index is 15.7. The average molecular weight is 862 g/mol. The van der Waals surface area contributed by atoms with Crippen LogP contribution in [-0.2, 0) is 14.3 Å². The maximum atomic E-state index is 15.7. The first kappa shape index (κ1) is 40.3. The molecule has 3 aliphatic heterocycles. The number of fused-ring (bicyclic) bond motifs is 2. The number of hydrogen-bond acceptors (Lipinski definition) is 13. The molecule has 0 bridgehead atoms. The van der Waals surface area contributed by atoms with Gasteiger partial charge in [0, 0.05) is 37.7 Å². The zero-order valence-electron chi connectivity index (χ0n) is 31.6. The number of halogens is 4. The van der Waals surface area contributed by atoms with Crippen molar-refractivity contribution in [3.63, 3.8) is 0 Å². The summed E-state index contributed by atoms with van der Waals surface area (Å²) in [5, 5.41) is 5.50. The Kier molecular flexibility index (Phi) is 11.2. The summed E-state index contributed by atoms with van der Waals surface area (Å²) < 4.78 is 46.9. The third-order valence-corrected chi connectivity index (χ3v) is 10.6. The second kappa shape index (κ2) is 16.7. The molecule has 5 aromatic rings. The average Bonchev–Trinajstić information content (AvgIpc) is 3.44. The van der Waals surface area contributed by atoms with Gasteiger partial charge in [-0.15, -0.1) is 0 Å². The van der Waals surface area contributed by atoms with Crippen molar-refractivity contribution in [2.75, 3.05) is 43.7 Å². The highest BCUT2D eigenvalue weighted by atomic mass is 35.5. The first-order valence-corrected chi connectivity index (χ1v) is 19.1. The summed E-state index contributed by atoms with van der Waals surface area (Å²) in [5.74, 6) is -5.00. The van der Waals surface area contributed by atoms with Crippen LogP contribution >= 0.6 is 23.2 Å². The lowest BCUT2D eigenvalue weighted by atomic mass is 9.93. The van der Waals surface area contributed by atoms with E-state index in [0.29, 0.717) is 17.7 Å². The minimum Gasteiger partial charge on any atom is -0.487 e. The number of anilines is 2. The molecular formula is C39H32Cl2F2N10O7. The van der Waals surface area contributed by atoms with Crippen LogP contribution in [0.2, 0.25) is 10.0 Å². The van der Waals surface area contributed by atoms with E-state index in [2.05, 4.69) is 40.5 Å². The minimum atomic E-state index is -1.20. The SMILES string of the molecule is CN1C(=O)[C@@H](NC(=O)c2ncc(Cl)c(C3CCC(c4nc5c(cc4F)OC[C@H](NC(=O)c4ncc(Cl)c(-c6ccccc6)n4)C(=O)N5C)CO3)n2)COc2cc(F)cnc21. The normalized spacial score (nSPS) is 20.2. The number of nitrogens with one attached hydrogen (secondary N) is 2. The number of likely N-dealkylation sites (N-methyl/N-ethyl adjacent to an activating group) is 2. The standard InChI is InChI=1S/C39H32Cl2F2N10O7/c1-52-34-27(10-20(42)12-46-34)59-16-24(38(52)56)47-37(55)33-45-14-22(41)31(50-33)26-9-8-19(15-58-26)30-23(43)11-28-35(51-30)53(2)39(57)25(17-60-28)48-36(54)32-44-13-21(40)29(49-32)18-6-4-3-5-7-18/h3-7,10-14,19,24-26H,8-9,15-17H2,1-2H3,(H,47,55)(H,48,54)/t19?,24-,25-,26?/m0/s1. The molecule has 2 N–H and O–H groups in total. The molecule has 308 valence electrons. The quantitative estimate of drug-likeness (QED) is 0.235. The molecule has 0 spiro atoms. The second-order valence-electron chi connectivity index (χ2n) is 13.9. The van der Waals surface area contributed by atoms with Crippen molar-refractivity contribution >= 4 is 58.5 Å². The molecule has 60 heavy (non-hydrogen) atoms. The second-order valence-corrected chi connectivity index (χ2v) is 14.7. The molecule has 0 saturated carbocycles. The Bertz CT molecular complexity index is 2530. The number of carbonyl (C=O) groups is 4. The Balaban J connectivity index is 0.918. The van der Waals surface area contributed by atoms with Crippen LogP contribution in [-0.4, -0.2) is 99.5 Å². The summed E-state index contributed by atoms with van der Waals surface area (Å²) in [7, 11) is 2.85. The number of benzene rings is 1. The summed E-state index contributed by atoms with van der Waals surface area (Å²) in [6, 6.07) is 8.81. The first-order chi connectivity index (χ1) is 28.9. The molecule has 1 saturated heterocycles. The molecule has 4 aromatic heterocycles. The van der Waals surface area contributed by atoms with Crippen molar-refractivity contribution in [1.82, 2.24) is 40.5 Å². The molecule has 8 rings (SSSR count). The van der Waals surface area contributed by atoms with E-state index in [1.165, 1.54) is 31.4 Å². The number of ether oxygens (including phenoxy) is 3. The smallest absolute Gasteiger partial charge is 0.289 e. The molecule has 4 amide bonds. The Morgan fingerprint density at radius 1 is 0.733 bits per heavy atom. The van der Waals surface area contributed by atoms with Gasteiger partial charge in [0.2, 0.25) is 11.6 Å². The van der Waals surface area contributed by atoms with Gasteiger partial charge >= 0.3 is 0 Å². The van der Waals surface area contributed by atoms with Crippen molar-refractivity contribution < 1.29 is 42.2 Å². The fraction of sp³-hybridized carbons (Fsp3) is 0.282. The van der Waals surface area contributed by atoms with Gasteiger partial charge in [-0.05, 0) is 12.8 Å². The summed E-state index contributed by atoms with van der Waals surface area (Å²) >= 11 is 12.8. The summed E-state index contributed by atoms with van der Waals surface area (Å²) in [4.78, 5) is 80.8. The fourth-order valence-electron chi connectivity index (χ4n) is 6.87. The molecule has 2 unspecified atom stereocenters. The first-order valence-electron chi connectivity index (χ1n) is 18.4. The number of rotatable bonds is 7. The van der Waals surface area contributed by atoms with Crippen LogP contribution in [0, 0.1) is 11.6 Å². The van der Waals surface area contributed by atoms with Gasteiger partial charge in [-0.25, -0.2) is 38.7 Å². The van der Waals surface area contributed by atoms with Crippen molar-refractivity contribution in [2.24, 2.45) is 0 Å². The topological polar surface area (TPSA) is 204 Å². The lowest BCUT2D eigenvalue weighted by molar-refractivity contribution is -0.121. The minimum absolute atomic E-state index is 0.00927. The Hall–Kier alpha value is -6.44. The van der Waals surface area contributed by atoms with E-state index in [1.54, 1.807) is 24.3 Å². The number of pyridine rings is 2. The zero-order chi connectivity index (χ0) is 42.2. The molecule has 0 radical (unpaired) electrons. The molecule has 1 fully saturated rings. The molecule has 7 heterocycles. The van der Waals surface area contributed by atoms with Crippen molar-refractivity contribution in [3.05, 3.63) is 106 Å². The van der Waals surface area contributed by atoms with Gasteiger partial charge in [-0.1, -0.05) is 53.5 Å². The third kappa shape index (κ3) is 7.97. The predicted octanol–water partition coefficient (Wildman–Crippen LogP) is 4.25. The van der Waals surface area contributed by atoms with E-state index >= 15 is 4.39 Å². The largest absolute Gasteiger partial charge is 0.487 e. The predicted molar refractivity (Wildman–Crippen MR) is 209 cm³/mol. The highest BCUT2D eigenvalue weighted by molar-refractivity contribution is 6.33. The van der Waals surface area contributed by atoms with E-state index in [0.717, 1.165) is 23.2 Å². The van der Waals surface area contributed by atoms with Gasteiger partial charge in [-0.2, -0.15) is 0 Å². The van der Waals surface area contributed by atoms with Gasteiger partial charge in [0.15, 0.2) is 23.1 Å². The van der Waals surface area contributed by atoms with Gasteiger partial charge in [0.25, 0.3) is 23.6 Å². The molecule has 3 aliphatic rings. The van der Waals surface area contributed by atoms with E-state index in [4.69, 9.17) is 37.4 Å². The van der Waals surface area contributed by atoms with Crippen LogP contribution in [0.15, 0.2) is 61.1 Å². The van der Waals surface area contributed by atoms with E-state index in [9.17, 15) is 23.6 Å². The van der Waals surface area contributed by atoms with Crippen LogP contribution < -0.4 is 29.9 Å². The number of carbonyl (C=O) groups excluding carboxylic acids is 4. The molecule has 4 atom stereocenters. The third-order valence-electron chi connectivity index (χ3n) is 10.00. The van der Waals surface area contributed by atoms with Gasteiger partial charge in [-0.3, -0.25) is 29.0 Å². The summed E-state index contributed by atoms with van der Waals surface area (Å²) in [6.07, 6.45) is 3.37. The lowest BCUT2D eigenvalue weighted by Crippen LogP contribution is -2.49. The number of amides is 4. The van der Waals surface area contributed by atoms with Crippen molar-refractivity contribution in [1.29, 1.82) is 0 Å². The summed E-state index contributed by atoms with van der Waals surface area (Å²) in [5.41, 5.74) is 1.22. The molecule has 0 aliphatic carbocycles. The van der Waals surface area contributed by atoms with E-state index in [-0.39, 0.29) is 82.5 Å². The van der Waals surface area contributed by atoms with Crippen LogP contribution in [0.5, 0.6) is 11.5 Å². The Labute approximate surface area is 349 Å². The number of aromatic nitrogens is 6. The van der Waals surface area contributed by atoms with Crippen molar-refractivity contribution in [2.45, 2.75) is 36.9 Å². The molecule has 21 heteroatoms. The van der Waals surface area contributed by atoms with E-state index in [1.807, 2.05) is 6.07 Å². The van der Waals surface area contributed by atoms with Crippen LogP contribution in [0.1, 0.15) is 57.5 Å². The summed E-state index contributed by atoms with van der Waals surface area (Å²) in [6.45, 7) is -0.671. The molecule has 1 aromatic carbocycles. The van der Waals surface area contributed by atoms with E-state index < -0.39 is 59.4 Å².